The van der Waals surface area contributed by atoms with E-state index in [-0.39, 0.29) is 0 Å². The van der Waals surface area contributed by atoms with Gasteiger partial charge in [0.1, 0.15) is 0 Å². The minimum atomic E-state index is 1.34. The minimum absolute atomic E-state index is 1.34. The van der Waals surface area contributed by atoms with Gasteiger partial charge in [-0.25, -0.2) is 0 Å². The zero-order chi connectivity index (χ0) is 6.83. The van der Waals surface area contributed by atoms with Crippen molar-refractivity contribution in [3.05, 3.63) is 0 Å². The predicted molar refractivity (Wildman–Crippen MR) is 45.4 cm³/mol. The van der Waals surface area contributed by atoms with Crippen molar-refractivity contribution in [3.8, 4) is 0 Å². The van der Waals surface area contributed by atoms with Crippen LogP contribution in [0.3, 0.4) is 0 Å². The molecule has 0 nitrogen and oxygen atoms in total. The van der Waals surface area contributed by atoms with Gasteiger partial charge in [0.2, 0.25) is 0 Å². The van der Waals surface area contributed by atoms with Crippen LogP contribution in [-0.2, 0) is 0 Å². The molecule has 0 bridgehead atoms. The highest BCUT2D eigenvalue weighted by molar-refractivity contribution is 7.93. The molecule has 0 fully saturated rings. The summed E-state index contributed by atoms with van der Waals surface area (Å²) in [6, 6.07) is 0. The van der Waals surface area contributed by atoms with Gasteiger partial charge in [0.25, 0.3) is 0 Å². The van der Waals surface area contributed by atoms with Gasteiger partial charge in [-0.15, -0.1) is 0 Å². The second kappa shape index (κ2) is 15.7. The van der Waals surface area contributed by atoms with Crippen molar-refractivity contribution >= 4 is 28.7 Å². The Morgan fingerprint density at radius 2 is 1.38 bits per heavy atom. The molecule has 0 aromatic carbocycles. The van der Waals surface area contributed by atoms with Crippen LogP contribution < -0.4 is 0 Å². The quantitative estimate of drug-likeness (QED) is 0.551. The Hall–Kier alpha value is 0.220. The Bertz CT molecular complexity index is 51.5. The molecule has 0 saturated carbocycles. The number of hydrogen-bond acceptors (Lipinski definition) is 2. The molecule has 0 N–H and O–H groups in total. The molecule has 0 aromatic heterocycles. The lowest BCUT2D eigenvalue weighted by atomic mass is 10.3. The maximum absolute atomic E-state index is 3.96. The second-order valence-electron chi connectivity index (χ2n) is 1.44. The van der Waals surface area contributed by atoms with Gasteiger partial charge in [-0.2, -0.15) is 0 Å². The smallest absolute Gasteiger partial charge is 0.0297 e. The lowest BCUT2D eigenvalue weighted by Crippen LogP contribution is -1.59. The van der Waals surface area contributed by atoms with Crippen LogP contribution in [0.25, 0.3) is 0 Å². The Balaban J connectivity index is 0. The summed E-state index contributed by atoms with van der Waals surface area (Å²) in [5.74, 6) is 0. The SMILES string of the molecule is CCCCC.S=C=S. The van der Waals surface area contributed by atoms with E-state index in [2.05, 4.69) is 38.3 Å². The molecule has 2 heteroatoms. The summed E-state index contributed by atoms with van der Waals surface area (Å²) >= 11 is 7.92. The first kappa shape index (κ1) is 11.1. The van der Waals surface area contributed by atoms with E-state index in [1.807, 2.05) is 4.31 Å². The molecule has 0 aromatic rings. The molecule has 0 rings (SSSR count). The van der Waals surface area contributed by atoms with Crippen LogP contribution in [0.4, 0.5) is 0 Å². The van der Waals surface area contributed by atoms with Crippen molar-refractivity contribution in [2.75, 3.05) is 0 Å². The van der Waals surface area contributed by atoms with Crippen molar-refractivity contribution in [1.82, 2.24) is 0 Å². The molecular weight excluding hydrogens is 136 g/mol. The molecular formula is C6H12S2. The lowest BCUT2D eigenvalue weighted by molar-refractivity contribution is 0.772. The summed E-state index contributed by atoms with van der Waals surface area (Å²) in [6.45, 7) is 4.42. The summed E-state index contributed by atoms with van der Waals surface area (Å²) in [5, 5.41) is 0. The average Bonchev–Trinajstić information content (AvgIpc) is 1.71. The summed E-state index contributed by atoms with van der Waals surface area (Å²) in [4.78, 5) is 0. The van der Waals surface area contributed by atoms with E-state index in [1.165, 1.54) is 19.3 Å². The van der Waals surface area contributed by atoms with Crippen LogP contribution >= 0.6 is 24.4 Å². The zero-order valence-corrected chi connectivity index (χ0v) is 7.07. The van der Waals surface area contributed by atoms with Crippen molar-refractivity contribution in [3.63, 3.8) is 0 Å². The lowest BCUT2D eigenvalue weighted by Gasteiger charge is -1.79. The third-order valence-electron chi connectivity index (χ3n) is 0.707. The van der Waals surface area contributed by atoms with Crippen molar-refractivity contribution in [2.24, 2.45) is 0 Å². The molecule has 0 aliphatic heterocycles. The maximum atomic E-state index is 3.96. The highest BCUT2D eigenvalue weighted by atomic mass is 32.1. The molecule has 0 spiro atoms. The molecule has 0 saturated heterocycles. The van der Waals surface area contributed by atoms with Gasteiger partial charge in [0.15, 0.2) is 0 Å². The third kappa shape index (κ3) is 34.4. The number of rotatable bonds is 2. The topological polar surface area (TPSA) is 0 Å². The van der Waals surface area contributed by atoms with E-state index < -0.39 is 0 Å². The maximum Gasteiger partial charge on any atom is 0.0297 e. The Morgan fingerprint density at radius 3 is 1.38 bits per heavy atom. The normalized spacial score (nSPS) is 6.25. The third-order valence-corrected chi connectivity index (χ3v) is 0.707. The fourth-order valence-corrected chi connectivity index (χ4v) is 0.354. The van der Waals surface area contributed by atoms with Gasteiger partial charge in [0.05, 0.1) is 0 Å². The van der Waals surface area contributed by atoms with E-state index in [0.29, 0.717) is 0 Å². The first-order valence-corrected chi connectivity index (χ1v) is 3.64. The molecule has 0 aliphatic rings. The van der Waals surface area contributed by atoms with Crippen LogP contribution in [0.5, 0.6) is 0 Å². The number of hydrogen-bond donors (Lipinski definition) is 0. The molecule has 0 atom stereocenters. The summed E-state index contributed by atoms with van der Waals surface area (Å²) in [5.41, 5.74) is 0. The van der Waals surface area contributed by atoms with Crippen LogP contribution in [0.1, 0.15) is 33.1 Å². The van der Waals surface area contributed by atoms with Gasteiger partial charge in [-0.3, -0.25) is 0 Å². The predicted octanol–water partition coefficient (Wildman–Crippen LogP) is 3.21. The monoisotopic (exact) mass is 148 g/mol. The molecule has 48 valence electrons. The van der Waals surface area contributed by atoms with Crippen LogP contribution in [0.15, 0.2) is 0 Å². The van der Waals surface area contributed by atoms with Gasteiger partial charge in [0, 0.05) is 4.31 Å². The average molecular weight is 148 g/mol. The van der Waals surface area contributed by atoms with E-state index >= 15 is 0 Å². The Labute approximate surface area is 62.3 Å². The first-order valence-electron chi connectivity index (χ1n) is 2.82. The summed E-state index contributed by atoms with van der Waals surface area (Å²) < 4.78 is 1.92. The van der Waals surface area contributed by atoms with Gasteiger partial charge in [-0.05, 0) is 24.4 Å². The van der Waals surface area contributed by atoms with E-state index in [9.17, 15) is 0 Å². The van der Waals surface area contributed by atoms with E-state index in [4.69, 9.17) is 0 Å². The molecule has 0 heterocycles. The highest BCUT2D eigenvalue weighted by Gasteiger charge is 1.68. The fraction of sp³-hybridized carbons (Fsp3) is 0.833. The number of unbranched alkanes of at least 4 members (excludes halogenated alkanes) is 2. The molecule has 0 aliphatic carbocycles. The van der Waals surface area contributed by atoms with Crippen LogP contribution in [-0.4, -0.2) is 4.31 Å². The van der Waals surface area contributed by atoms with E-state index in [0.717, 1.165) is 0 Å². The molecule has 0 amide bonds. The van der Waals surface area contributed by atoms with Gasteiger partial charge < -0.3 is 0 Å². The molecule has 8 heavy (non-hydrogen) atoms. The molecule has 0 unspecified atom stereocenters. The van der Waals surface area contributed by atoms with E-state index in [1.54, 1.807) is 0 Å². The zero-order valence-electron chi connectivity index (χ0n) is 5.44. The van der Waals surface area contributed by atoms with Crippen molar-refractivity contribution < 1.29 is 0 Å². The van der Waals surface area contributed by atoms with Gasteiger partial charge >= 0.3 is 0 Å². The van der Waals surface area contributed by atoms with Crippen molar-refractivity contribution in [2.45, 2.75) is 33.1 Å². The highest BCUT2D eigenvalue weighted by Crippen LogP contribution is 1.88. The largest absolute Gasteiger partial charge is 0.0654 e. The fourth-order valence-electron chi connectivity index (χ4n) is 0.354. The van der Waals surface area contributed by atoms with Gasteiger partial charge in [-0.1, -0.05) is 33.1 Å². The second-order valence-corrected chi connectivity index (χ2v) is 2.10. The Kier molecular flexibility index (Phi) is 21.7. The number of thiocarbonyl (C=S) groups is 2. The minimum Gasteiger partial charge on any atom is -0.0654 e. The Morgan fingerprint density at radius 1 is 1.12 bits per heavy atom. The van der Waals surface area contributed by atoms with Crippen LogP contribution in [0.2, 0.25) is 0 Å². The summed E-state index contributed by atoms with van der Waals surface area (Å²) in [6.07, 6.45) is 4.08. The standard InChI is InChI=1S/C5H12.CS2/c1-3-5-4-2;2-1-3/h3-5H2,1-2H3;. The molecule has 0 radical (unpaired) electrons. The van der Waals surface area contributed by atoms with Crippen molar-refractivity contribution in [1.29, 1.82) is 0 Å². The first-order chi connectivity index (χ1) is 3.83. The van der Waals surface area contributed by atoms with Crippen LogP contribution in [0, 0.1) is 0 Å². The summed E-state index contributed by atoms with van der Waals surface area (Å²) in [7, 11) is 0.